The number of aryl methyl sites for hydroxylation is 1. The molecule has 0 heterocycles. The summed E-state index contributed by atoms with van der Waals surface area (Å²) in [5.41, 5.74) is 2.84. The molecular weight excluding hydrogens is 218 g/mol. The van der Waals surface area contributed by atoms with E-state index in [0.29, 0.717) is 12.1 Å². The Morgan fingerprint density at radius 2 is 1.83 bits per heavy atom. The van der Waals surface area contributed by atoms with Gasteiger partial charge >= 0.3 is 0 Å². The zero-order valence-electron chi connectivity index (χ0n) is 12.1. The van der Waals surface area contributed by atoms with Crippen molar-refractivity contribution in [2.24, 2.45) is 5.92 Å². The van der Waals surface area contributed by atoms with Crippen molar-refractivity contribution >= 4 is 0 Å². The molecule has 0 aliphatic heterocycles. The quantitative estimate of drug-likeness (QED) is 0.747. The zero-order valence-corrected chi connectivity index (χ0v) is 12.1. The minimum Gasteiger partial charge on any atom is -0.307 e. The predicted molar refractivity (Wildman–Crippen MR) is 78.8 cm³/mol. The van der Waals surface area contributed by atoms with Crippen LogP contribution in [0.1, 0.15) is 63.6 Å². The molecule has 1 saturated carbocycles. The van der Waals surface area contributed by atoms with Crippen LogP contribution in [0.5, 0.6) is 0 Å². The highest BCUT2D eigenvalue weighted by molar-refractivity contribution is 5.24. The van der Waals surface area contributed by atoms with Gasteiger partial charge in [-0.2, -0.15) is 0 Å². The van der Waals surface area contributed by atoms with Gasteiger partial charge in [0.15, 0.2) is 0 Å². The lowest BCUT2D eigenvalue weighted by molar-refractivity contribution is 0.404. The molecule has 1 aliphatic rings. The lowest BCUT2D eigenvalue weighted by atomic mass is 10.0. The van der Waals surface area contributed by atoms with Crippen LogP contribution in [0.25, 0.3) is 0 Å². The van der Waals surface area contributed by atoms with E-state index >= 15 is 0 Å². The first-order chi connectivity index (χ1) is 8.72. The molecule has 1 heteroatoms. The van der Waals surface area contributed by atoms with Crippen LogP contribution in [0.3, 0.4) is 0 Å². The Bertz CT molecular complexity index is 350. The fourth-order valence-electron chi connectivity index (χ4n) is 2.60. The molecule has 1 fully saturated rings. The molecular formula is C17H27N. The van der Waals surface area contributed by atoms with Crippen molar-refractivity contribution in [2.45, 2.75) is 65.0 Å². The Hall–Kier alpha value is -0.820. The molecule has 0 radical (unpaired) electrons. The summed E-state index contributed by atoms with van der Waals surface area (Å²) in [4.78, 5) is 0. The second kappa shape index (κ2) is 6.38. The molecule has 1 nitrogen and oxygen atoms in total. The van der Waals surface area contributed by atoms with Crippen molar-refractivity contribution in [3.63, 3.8) is 0 Å². The van der Waals surface area contributed by atoms with Gasteiger partial charge in [-0.25, -0.2) is 0 Å². The molecule has 1 N–H and O–H groups in total. The molecule has 0 amide bonds. The molecule has 100 valence electrons. The molecule has 1 aromatic carbocycles. The van der Waals surface area contributed by atoms with Crippen molar-refractivity contribution in [3.8, 4) is 0 Å². The Morgan fingerprint density at radius 1 is 1.17 bits per heavy atom. The fraction of sp³-hybridized carbons (Fsp3) is 0.647. The second-order valence-electron chi connectivity index (χ2n) is 5.77. The first kappa shape index (κ1) is 13.6. The van der Waals surface area contributed by atoms with E-state index in [1.54, 1.807) is 0 Å². The van der Waals surface area contributed by atoms with Gasteiger partial charge in [-0.1, -0.05) is 51.0 Å². The van der Waals surface area contributed by atoms with Gasteiger partial charge in [0.2, 0.25) is 0 Å². The summed E-state index contributed by atoms with van der Waals surface area (Å²) >= 11 is 0. The zero-order chi connectivity index (χ0) is 13.0. The minimum absolute atomic E-state index is 0.472. The summed E-state index contributed by atoms with van der Waals surface area (Å²) < 4.78 is 0. The van der Waals surface area contributed by atoms with Gasteiger partial charge in [0.25, 0.3) is 0 Å². The van der Waals surface area contributed by atoms with E-state index in [0.717, 1.165) is 12.3 Å². The van der Waals surface area contributed by atoms with Crippen molar-refractivity contribution < 1.29 is 0 Å². The highest BCUT2D eigenvalue weighted by atomic mass is 14.9. The molecule has 1 aliphatic carbocycles. The van der Waals surface area contributed by atoms with E-state index < -0.39 is 0 Å². The van der Waals surface area contributed by atoms with Gasteiger partial charge in [-0.15, -0.1) is 0 Å². The Morgan fingerprint density at radius 3 is 2.33 bits per heavy atom. The van der Waals surface area contributed by atoms with Gasteiger partial charge < -0.3 is 5.32 Å². The third-order valence-corrected chi connectivity index (χ3v) is 4.18. The third kappa shape index (κ3) is 3.84. The van der Waals surface area contributed by atoms with Crippen LogP contribution in [-0.2, 0) is 6.42 Å². The molecule has 0 aromatic heterocycles. The van der Waals surface area contributed by atoms with Crippen LogP contribution in [0.2, 0.25) is 0 Å². The molecule has 0 spiro atoms. The van der Waals surface area contributed by atoms with Crippen LogP contribution in [0, 0.1) is 5.92 Å². The lowest BCUT2D eigenvalue weighted by Crippen LogP contribution is -2.31. The molecule has 18 heavy (non-hydrogen) atoms. The van der Waals surface area contributed by atoms with Crippen LogP contribution < -0.4 is 5.32 Å². The highest BCUT2D eigenvalue weighted by Gasteiger charge is 2.25. The average Bonchev–Trinajstić information content (AvgIpc) is 3.22. The van der Waals surface area contributed by atoms with Gasteiger partial charge in [0.05, 0.1) is 0 Å². The minimum atomic E-state index is 0.472. The molecule has 0 bridgehead atoms. The van der Waals surface area contributed by atoms with Crippen molar-refractivity contribution in [3.05, 3.63) is 35.4 Å². The normalized spacial score (nSPS) is 18.6. The maximum atomic E-state index is 3.79. The fourth-order valence-corrected chi connectivity index (χ4v) is 2.60. The Balaban J connectivity index is 1.89. The van der Waals surface area contributed by atoms with Crippen LogP contribution >= 0.6 is 0 Å². The summed E-state index contributed by atoms with van der Waals surface area (Å²) in [6.45, 7) is 6.79. The molecule has 2 atom stereocenters. The topological polar surface area (TPSA) is 12.0 Å². The first-order valence-corrected chi connectivity index (χ1v) is 7.57. The molecule has 2 unspecified atom stereocenters. The van der Waals surface area contributed by atoms with E-state index in [-0.39, 0.29) is 0 Å². The smallest absolute Gasteiger partial charge is 0.0294 e. The van der Waals surface area contributed by atoms with E-state index in [9.17, 15) is 0 Å². The molecule has 0 saturated heterocycles. The molecule has 2 rings (SSSR count). The number of rotatable bonds is 7. The van der Waals surface area contributed by atoms with E-state index in [1.807, 2.05) is 0 Å². The van der Waals surface area contributed by atoms with Crippen molar-refractivity contribution in [1.29, 1.82) is 0 Å². The van der Waals surface area contributed by atoms with Crippen LogP contribution in [-0.4, -0.2) is 6.04 Å². The summed E-state index contributed by atoms with van der Waals surface area (Å²) in [5.74, 6) is 1.01. The SMILES string of the molecule is CCc1ccc(C(C)NC(CC)CC2CC2)cc1. The largest absolute Gasteiger partial charge is 0.307 e. The number of hydrogen-bond donors (Lipinski definition) is 1. The summed E-state index contributed by atoms with van der Waals surface area (Å²) in [6.07, 6.45) is 6.65. The number of hydrogen-bond acceptors (Lipinski definition) is 1. The number of benzene rings is 1. The second-order valence-corrected chi connectivity index (χ2v) is 5.77. The third-order valence-electron chi connectivity index (χ3n) is 4.18. The standard InChI is InChI=1S/C17H27N/c1-4-14-8-10-16(11-9-14)13(3)18-17(5-2)12-15-6-7-15/h8-11,13,15,17-18H,4-7,12H2,1-3H3. The Labute approximate surface area is 112 Å². The summed E-state index contributed by atoms with van der Waals surface area (Å²) in [7, 11) is 0. The predicted octanol–water partition coefficient (Wildman–Crippen LogP) is 4.48. The first-order valence-electron chi connectivity index (χ1n) is 7.57. The van der Waals surface area contributed by atoms with E-state index in [4.69, 9.17) is 0 Å². The summed E-state index contributed by atoms with van der Waals surface area (Å²) in [5, 5.41) is 3.79. The van der Waals surface area contributed by atoms with Crippen molar-refractivity contribution in [2.75, 3.05) is 0 Å². The average molecular weight is 245 g/mol. The van der Waals surface area contributed by atoms with Crippen LogP contribution in [0.4, 0.5) is 0 Å². The van der Waals surface area contributed by atoms with Crippen molar-refractivity contribution in [1.82, 2.24) is 5.32 Å². The van der Waals surface area contributed by atoms with Gasteiger partial charge in [-0.3, -0.25) is 0 Å². The lowest BCUT2D eigenvalue weighted by Gasteiger charge is -2.22. The Kier molecular flexibility index (Phi) is 4.82. The van der Waals surface area contributed by atoms with Gasteiger partial charge in [-0.05, 0) is 43.2 Å². The highest BCUT2D eigenvalue weighted by Crippen LogP contribution is 2.34. The van der Waals surface area contributed by atoms with E-state index in [2.05, 4.69) is 50.4 Å². The van der Waals surface area contributed by atoms with Crippen LogP contribution in [0.15, 0.2) is 24.3 Å². The molecule has 1 aromatic rings. The number of nitrogens with one attached hydrogen (secondary N) is 1. The van der Waals surface area contributed by atoms with E-state index in [1.165, 1.54) is 36.8 Å². The maximum absolute atomic E-state index is 3.79. The monoisotopic (exact) mass is 245 g/mol. The van der Waals surface area contributed by atoms with Gasteiger partial charge in [0.1, 0.15) is 0 Å². The maximum Gasteiger partial charge on any atom is 0.0294 e. The van der Waals surface area contributed by atoms with Gasteiger partial charge in [0, 0.05) is 12.1 Å². The summed E-state index contributed by atoms with van der Waals surface area (Å²) in [6, 6.07) is 10.2.